The lowest BCUT2D eigenvalue weighted by Gasteiger charge is -2.54. The van der Waals surface area contributed by atoms with Crippen LogP contribution in [0.15, 0.2) is 65.0 Å². The minimum atomic E-state index is 0.246. The molecule has 2 aromatic carbocycles. The third-order valence-electron chi connectivity index (χ3n) is 8.08. The highest BCUT2D eigenvalue weighted by molar-refractivity contribution is 7.07. The van der Waals surface area contributed by atoms with Crippen LogP contribution in [0.25, 0.3) is 0 Å². The molecule has 0 saturated heterocycles. The van der Waals surface area contributed by atoms with E-state index in [9.17, 15) is 0 Å². The van der Waals surface area contributed by atoms with Crippen molar-refractivity contribution in [1.29, 1.82) is 0 Å². The smallest absolute Gasteiger partial charge is 0.185 e. The first kappa shape index (κ1) is 22.0. The van der Waals surface area contributed by atoms with Gasteiger partial charge < -0.3 is 14.6 Å². The summed E-state index contributed by atoms with van der Waals surface area (Å²) in [4.78, 5) is 6.75. The van der Waals surface area contributed by atoms with Crippen LogP contribution in [-0.2, 0) is 13.0 Å². The van der Waals surface area contributed by atoms with Crippen molar-refractivity contribution in [3.05, 3.63) is 70.5 Å². The SMILES string of the molecule is CCn1c(CCNc2ccc(Oc3ccccc3)cc2)csc1=NC12CC3CC(CC(C3)C1)C2. The molecule has 0 unspecified atom stereocenters. The molecule has 4 aliphatic carbocycles. The van der Waals surface area contributed by atoms with Gasteiger partial charge in [0.1, 0.15) is 11.5 Å². The summed E-state index contributed by atoms with van der Waals surface area (Å²) in [5.41, 5.74) is 2.76. The molecule has 4 fully saturated rings. The van der Waals surface area contributed by atoms with Crippen LogP contribution in [0.1, 0.15) is 51.1 Å². The topological polar surface area (TPSA) is 38.5 Å². The highest BCUT2D eigenvalue weighted by atomic mass is 32.1. The standard InChI is InChI=1S/C29H35N3OS/c1-2-32-25(12-13-30-24-8-10-27(11-9-24)33-26-6-4-3-5-7-26)20-34-28(32)31-29-17-21-14-22(18-29)16-23(15-21)19-29/h3-11,20-23,30H,2,12-19H2,1H3. The number of ether oxygens (including phenoxy) is 1. The normalized spacial score (nSPS) is 27.8. The molecule has 0 aliphatic heterocycles. The lowest BCUT2D eigenvalue weighted by molar-refractivity contribution is -0.000398. The fourth-order valence-electron chi connectivity index (χ4n) is 6.99. The Morgan fingerprint density at radius 2 is 1.59 bits per heavy atom. The second kappa shape index (κ2) is 9.26. The zero-order valence-electron chi connectivity index (χ0n) is 20.1. The van der Waals surface area contributed by atoms with Gasteiger partial charge in [0.2, 0.25) is 0 Å². The predicted octanol–water partition coefficient (Wildman–Crippen LogP) is 6.89. The molecule has 7 rings (SSSR count). The minimum Gasteiger partial charge on any atom is -0.457 e. The second-order valence-corrected chi connectivity index (χ2v) is 11.5. The molecule has 4 saturated carbocycles. The molecule has 1 heterocycles. The van der Waals surface area contributed by atoms with E-state index in [0.717, 1.165) is 54.5 Å². The van der Waals surface area contributed by atoms with Crippen molar-refractivity contribution in [2.45, 2.75) is 64.0 Å². The molecule has 4 nitrogen and oxygen atoms in total. The molecule has 0 amide bonds. The van der Waals surface area contributed by atoms with Gasteiger partial charge in [0, 0.05) is 36.3 Å². The highest BCUT2D eigenvalue weighted by Crippen LogP contribution is 2.57. The maximum absolute atomic E-state index is 5.90. The number of para-hydroxylation sites is 1. The summed E-state index contributed by atoms with van der Waals surface area (Å²) in [5, 5.41) is 5.91. The Bertz CT molecular complexity index is 1140. The van der Waals surface area contributed by atoms with Crippen LogP contribution in [-0.4, -0.2) is 16.7 Å². The Kier molecular flexibility index (Phi) is 5.98. The van der Waals surface area contributed by atoms with Crippen LogP contribution in [0.2, 0.25) is 0 Å². The molecule has 3 aromatic rings. The zero-order chi connectivity index (χ0) is 23.0. The first-order valence-corrected chi connectivity index (χ1v) is 13.9. The van der Waals surface area contributed by atoms with E-state index in [1.54, 1.807) is 0 Å². The summed E-state index contributed by atoms with van der Waals surface area (Å²) < 4.78 is 8.36. The molecule has 178 valence electrons. The van der Waals surface area contributed by atoms with E-state index in [4.69, 9.17) is 9.73 Å². The van der Waals surface area contributed by atoms with Crippen molar-refractivity contribution in [3.63, 3.8) is 0 Å². The van der Waals surface area contributed by atoms with Gasteiger partial charge in [0.15, 0.2) is 4.80 Å². The van der Waals surface area contributed by atoms with Gasteiger partial charge in [-0.15, -0.1) is 11.3 Å². The predicted molar refractivity (Wildman–Crippen MR) is 140 cm³/mol. The van der Waals surface area contributed by atoms with Crippen LogP contribution in [0.3, 0.4) is 0 Å². The fourth-order valence-corrected chi connectivity index (χ4v) is 8.10. The van der Waals surface area contributed by atoms with E-state index < -0.39 is 0 Å². The van der Waals surface area contributed by atoms with Gasteiger partial charge >= 0.3 is 0 Å². The summed E-state index contributed by atoms with van der Waals surface area (Å²) in [6, 6.07) is 18.1. The number of hydrogen-bond donors (Lipinski definition) is 1. The first-order valence-electron chi connectivity index (χ1n) is 13.0. The molecular weight excluding hydrogens is 438 g/mol. The third-order valence-corrected chi connectivity index (χ3v) is 8.99. The molecular formula is C29H35N3OS. The lowest BCUT2D eigenvalue weighted by atomic mass is 9.53. The Morgan fingerprint density at radius 1 is 0.941 bits per heavy atom. The molecule has 4 aliphatic rings. The summed E-state index contributed by atoms with van der Waals surface area (Å²) in [7, 11) is 0. The average molecular weight is 474 g/mol. The van der Waals surface area contributed by atoms with Crippen LogP contribution in [0, 0.1) is 17.8 Å². The van der Waals surface area contributed by atoms with Crippen LogP contribution >= 0.6 is 11.3 Å². The number of benzene rings is 2. The molecule has 0 radical (unpaired) electrons. The molecule has 1 N–H and O–H groups in total. The Balaban J connectivity index is 1.09. The van der Waals surface area contributed by atoms with Crippen LogP contribution < -0.4 is 14.9 Å². The number of aromatic nitrogens is 1. The third kappa shape index (κ3) is 4.55. The van der Waals surface area contributed by atoms with Gasteiger partial charge in [-0.3, -0.25) is 4.99 Å². The Labute approximate surface area is 206 Å². The van der Waals surface area contributed by atoms with E-state index in [2.05, 4.69) is 34.3 Å². The van der Waals surface area contributed by atoms with Crippen LogP contribution in [0.4, 0.5) is 5.69 Å². The minimum absolute atomic E-state index is 0.246. The number of rotatable bonds is 8. The van der Waals surface area contributed by atoms with E-state index in [1.807, 2.05) is 53.8 Å². The summed E-state index contributed by atoms with van der Waals surface area (Å²) in [6.45, 7) is 4.16. The van der Waals surface area contributed by atoms with Crippen molar-refractivity contribution in [3.8, 4) is 11.5 Å². The Morgan fingerprint density at radius 3 is 2.24 bits per heavy atom. The molecule has 34 heavy (non-hydrogen) atoms. The number of nitrogens with one attached hydrogen (secondary N) is 1. The van der Waals surface area contributed by atoms with E-state index in [-0.39, 0.29) is 5.54 Å². The van der Waals surface area contributed by atoms with Crippen molar-refractivity contribution >= 4 is 17.0 Å². The summed E-state index contributed by atoms with van der Waals surface area (Å²) >= 11 is 1.85. The molecule has 0 atom stereocenters. The first-order chi connectivity index (χ1) is 16.7. The highest BCUT2D eigenvalue weighted by Gasteiger charge is 2.51. The quantitative estimate of drug-likeness (QED) is 0.387. The van der Waals surface area contributed by atoms with Crippen molar-refractivity contribution < 1.29 is 4.74 Å². The number of anilines is 1. The lowest BCUT2D eigenvalue weighted by Crippen LogP contribution is -2.50. The maximum atomic E-state index is 5.90. The van der Waals surface area contributed by atoms with Gasteiger partial charge in [-0.25, -0.2) is 0 Å². The van der Waals surface area contributed by atoms with E-state index >= 15 is 0 Å². The maximum Gasteiger partial charge on any atom is 0.185 e. The average Bonchev–Trinajstić information content (AvgIpc) is 3.20. The summed E-state index contributed by atoms with van der Waals surface area (Å²) in [6.07, 6.45) is 9.43. The second-order valence-electron chi connectivity index (χ2n) is 10.6. The monoisotopic (exact) mass is 473 g/mol. The van der Waals surface area contributed by atoms with Gasteiger partial charge in [-0.05, 0) is 99.6 Å². The molecule has 4 bridgehead atoms. The van der Waals surface area contributed by atoms with Gasteiger partial charge in [0.05, 0.1) is 5.54 Å². The Hall–Kier alpha value is -2.53. The van der Waals surface area contributed by atoms with E-state index in [1.165, 1.54) is 49.0 Å². The van der Waals surface area contributed by atoms with Crippen LogP contribution in [0.5, 0.6) is 11.5 Å². The molecule has 0 spiro atoms. The van der Waals surface area contributed by atoms with Crippen molar-refractivity contribution in [1.82, 2.24) is 4.57 Å². The van der Waals surface area contributed by atoms with Gasteiger partial charge in [-0.1, -0.05) is 18.2 Å². The number of thiazole rings is 1. The van der Waals surface area contributed by atoms with Gasteiger partial charge in [-0.2, -0.15) is 0 Å². The van der Waals surface area contributed by atoms with Gasteiger partial charge in [0.25, 0.3) is 0 Å². The fraction of sp³-hybridized carbons (Fsp3) is 0.483. The van der Waals surface area contributed by atoms with E-state index in [0.29, 0.717) is 0 Å². The zero-order valence-corrected chi connectivity index (χ0v) is 20.9. The summed E-state index contributed by atoms with van der Waals surface area (Å²) in [5.74, 6) is 4.54. The largest absolute Gasteiger partial charge is 0.457 e. The molecule has 5 heteroatoms. The van der Waals surface area contributed by atoms with Crippen molar-refractivity contribution in [2.75, 3.05) is 11.9 Å². The number of hydrogen-bond acceptors (Lipinski definition) is 4. The number of nitrogens with zero attached hydrogens (tertiary/aromatic N) is 2. The van der Waals surface area contributed by atoms with Crippen molar-refractivity contribution in [2.24, 2.45) is 22.7 Å². The molecule has 1 aromatic heterocycles.